The van der Waals surface area contributed by atoms with Crippen LogP contribution in [0.25, 0.3) is 0 Å². The van der Waals surface area contributed by atoms with Gasteiger partial charge in [0.2, 0.25) is 5.91 Å². The lowest BCUT2D eigenvalue weighted by molar-refractivity contribution is -0.207. The number of aliphatic hydroxyl groups excluding tert-OH is 5. The molecule has 8 fully saturated rings. The lowest BCUT2D eigenvalue weighted by atomic mass is 9.43. The molecule has 0 unspecified atom stereocenters. The highest BCUT2D eigenvalue weighted by atomic mass is 32.2. The van der Waals surface area contributed by atoms with Crippen molar-refractivity contribution in [3.8, 4) is 0 Å². The van der Waals surface area contributed by atoms with E-state index in [2.05, 4.69) is 46.9 Å². The van der Waals surface area contributed by atoms with E-state index in [1.807, 2.05) is 0 Å². The summed E-state index contributed by atoms with van der Waals surface area (Å²) in [5.74, 6) is 3.25. The molecule has 0 heterocycles. The van der Waals surface area contributed by atoms with Crippen molar-refractivity contribution >= 4 is 22.0 Å². The number of aliphatic carboxylic acids is 1. The third kappa shape index (κ3) is 9.19. The number of amides is 1. The maximum Gasteiger partial charge on any atom is 0.303 e. The molecular weight excluding hydrogens is 823 g/mol. The maximum atomic E-state index is 12.2. The summed E-state index contributed by atoms with van der Waals surface area (Å²) in [4.78, 5) is 23.3. The number of carbonyl (C=O) groups excluding carboxylic acids is 1. The van der Waals surface area contributed by atoms with Gasteiger partial charge in [-0.2, -0.15) is 8.42 Å². The zero-order valence-corrected chi connectivity index (χ0v) is 40.2. The van der Waals surface area contributed by atoms with Crippen molar-refractivity contribution in [2.75, 3.05) is 12.3 Å². The number of rotatable bonds is 11. The van der Waals surface area contributed by atoms with Gasteiger partial charge in [-0.05, 0) is 202 Å². The van der Waals surface area contributed by atoms with Crippen LogP contribution >= 0.6 is 0 Å². The Morgan fingerprint density at radius 1 is 0.635 bits per heavy atom. The minimum Gasteiger partial charge on any atom is -0.481 e. The fourth-order valence-electron chi connectivity index (χ4n) is 17.8. The van der Waals surface area contributed by atoms with Crippen LogP contribution in [0.1, 0.15) is 164 Å². The molecule has 0 radical (unpaired) electrons. The fourth-order valence-corrected chi connectivity index (χ4v) is 18.2. The highest BCUT2D eigenvalue weighted by Crippen LogP contribution is 2.70. The van der Waals surface area contributed by atoms with Crippen molar-refractivity contribution in [1.29, 1.82) is 0 Å². The van der Waals surface area contributed by atoms with E-state index in [-0.39, 0.29) is 94.9 Å². The van der Waals surface area contributed by atoms with Gasteiger partial charge < -0.3 is 36.0 Å². The van der Waals surface area contributed by atoms with Crippen LogP contribution in [0.5, 0.6) is 0 Å². The van der Waals surface area contributed by atoms with E-state index in [1.54, 1.807) is 0 Å². The Labute approximate surface area is 378 Å². The summed E-state index contributed by atoms with van der Waals surface area (Å²) >= 11 is 0. The number of nitrogens with one attached hydrogen (secondary N) is 1. The normalized spacial score (nSPS) is 48.7. The average Bonchev–Trinajstić information content (AvgIpc) is 3.76. The zero-order valence-electron chi connectivity index (χ0n) is 39.3. The molecule has 1 amide bonds. The zero-order chi connectivity index (χ0) is 46.0. The maximum absolute atomic E-state index is 12.2. The van der Waals surface area contributed by atoms with Crippen LogP contribution in [0, 0.1) is 92.7 Å². The van der Waals surface area contributed by atoms with E-state index in [9.17, 15) is 43.5 Å². The molecular formula is C50H85NO11S. The quantitative estimate of drug-likeness (QED) is 0.100. The highest BCUT2D eigenvalue weighted by molar-refractivity contribution is 7.85. The molecule has 8 N–H and O–H groups in total. The van der Waals surface area contributed by atoms with Crippen molar-refractivity contribution in [1.82, 2.24) is 5.32 Å². The van der Waals surface area contributed by atoms with Gasteiger partial charge in [-0.15, -0.1) is 0 Å². The molecule has 13 heteroatoms. The van der Waals surface area contributed by atoms with Gasteiger partial charge in [0, 0.05) is 19.4 Å². The van der Waals surface area contributed by atoms with Crippen LogP contribution in [-0.2, 0) is 19.7 Å². The second-order valence-corrected chi connectivity index (χ2v) is 25.5. The number of hydrogen-bond acceptors (Lipinski definition) is 9. The van der Waals surface area contributed by atoms with Gasteiger partial charge in [-0.3, -0.25) is 14.1 Å². The average molecular weight is 908 g/mol. The summed E-state index contributed by atoms with van der Waals surface area (Å²) in [5, 5.41) is 66.6. The molecule has 0 saturated heterocycles. The number of hydrogen-bond donors (Lipinski definition) is 8. The topological polar surface area (TPSA) is 222 Å². The van der Waals surface area contributed by atoms with E-state index in [0.717, 1.165) is 77.0 Å². The first-order valence-corrected chi connectivity index (χ1v) is 26.9. The summed E-state index contributed by atoms with van der Waals surface area (Å²) in [6, 6.07) is 0. The van der Waals surface area contributed by atoms with Crippen molar-refractivity contribution in [3.05, 3.63) is 0 Å². The van der Waals surface area contributed by atoms with Gasteiger partial charge in [0.15, 0.2) is 0 Å². The van der Waals surface area contributed by atoms with E-state index >= 15 is 0 Å². The number of aliphatic hydroxyl groups is 5. The summed E-state index contributed by atoms with van der Waals surface area (Å²) in [6.45, 7) is 13.6. The van der Waals surface area contributed by atoms with Crippen LogP contribution < -0.4 is 5.32 Å². The van der Waals surface area contributed by atoms with Gasteiger partial charge in [0.05, 0.1) is 36.3 Å². The van der Waals surface area contributed by atoms with Gasteiger partial charge in [-0.1, -0.05) is 41.5 Å². The molecule has 12 nitrogen and oxygen atoms in total. The van der Waals surface area contributed by atoms with E-state index in [1.165, 1.54) is 19.3 Å². The molecule has 8 rings (SSSR count). The Hall–Kier alpha value is -1.35. The van der Waals surface area contributed by atoms with E-state index < -0.39 is 34.0 Å². The molecule has 0 aliphatic heterocycles. The molecule has 63 heavy (non-hydrogen) atoms. The minimum absolute atomic E-state index is 0.0509. The number of carboxylic acids is 1. The summed E-state index contributed by atoms with van der Waals surface area (Å²) in [6.07, 6.45) is 14.9. The van der Waals surface area contributed by atoms with Gasteiger partial charge in [0.25, 0.3) is 10.1 Å². The first-order chi connectivity index (χ1) is 29.4. The summed E-state index contributed by atoms with van der Waals surface area (Å²) in [7, 11) is -4.10. The summed E-state index contributed by atoms with van der Waals surface area (Å²) < 4.78 is 30.5. The predicted molar refractivity (Wildman–Crippen MR) is 240 cm³/mol. The molecule has 0 aromatic carbocycles. The molecule has 8 aliphatic carbocycles. The van der Waals surface area contributed by atoms with E-state index in [0.29, 0.717) is 54.3 Å². The first kappa shape index (κ1) is 49.6. The Morgan fingerprint density at radius 3 is 1.75 bits per heavy atom. The Kier molecular flexibility index (Phi) is 14.6. The van der Waals surface area contributed by atoms with Gasteiger partial charge in [-0.25, -0.2) is 0 Å². The smallest absolute Gasteiger partial charge is 0.303 e. The molecule has 8 saturated carbocycles. The van der Waals surface area contributed by atoms with Crippen molar-refractivity contribution < 1.29 is 53.2 Å². The fraction of sp³-hybridized carbons (Fsp3) is 0.960. The summed E-state index contributed by atoms with van der Waals surface area (Å²) in [5.41, 5.74) is -0.0381. The Balaban J connectivity index is 0.000000193. The minimum atomic E-state index is -4.10. The van der Waals surface area contributed by atoms with Crippen LogP contribution in [0.4, 0.5) is 0 Å². The number of carboxylic acid groups (broad SMARTS) is 1. The van der Waals surface area contributed by atoms with Crippen LogP contribution in [0.3, 0.4) is 0 Å². The SMILES string of the molecule is C[C@H](CCC(=O)NCCS(=O)(=O)O)[C@H]1CC[C@H]2[C@@H]3[C@H](O)C[C@@H]4C[C@H](O)CC[C@]4(C)[C@H]3C[C@H](O)[C@]12C.C[C@H](CCC(=O)O)[C@H]1CC[C@H]2[C@@H]3CC[C@@H]4C[C@H](O)CC[C@]4(C)[C@H]3C[C@H](O)[C@]12C. The monoisotopic (exact) mass is 908 g/mol. The largest absolute Gasteiger partial charge is 0.481 e. The molecule has 0 bridgehead atoms. The third-order valence-electron chi connectivity index (χ3n) is 21.3. The van der Waals surface area contributed by atoms with E-state index in [4.69, 9.17) is 9.66 Å². The molecule has 8 aliphatic rings. The lowest BCUT2D eigenvalue weighted by Gasteiger charge is -2.63. The van der Waals surface area contributed by atoms with Crippen molar-refractivity contribution in [2.24, 2.45) is 92.7 Å². The van der Waals surface area contributed by atoms with Gasteiger partial charge in [0.1, 0.15) is 0 Å². The number of fused-ring (bicyclic) bond motifs is 10. The van der Waals surface area contributed by atoms with Crippen molar-refractivity contribution in [2.45, 2.75) is 194 Å². The van der Waals surface area contributed by atoms with Crippen LogP contribution in [0.15, 0.2) is 0 Å². The van der Waals surface area contributed by atoms with Crippen molar-refractivity contribution in [3.63, 3.8) is 0 Å². The highest BCUT2D eigenvalue weighted by Gasteiger charge is 2.66. The second kappa shape index (κ2) is 18.6. The van der Waals surface area contributed by atoms with Crippen LogP contribution in [0.2, 0.25) is 0 Å². The Morgan fingerprint density at radius 2 is 1.16 bits per heavy atom. The molecule has 0 spiro atoms. The Bertz CT molecular complexity index is 1750. The predicted octanol–water partition coefficient (Wildman–Crippen LogP) is 6.85. The molecule has 0 aromatic rings. The standard InChI is InChI=1S/C26H45NO7S.C24H40O4/c1-15(4-7-23(31)27-10-11-35(32,33)34)18-5-6-19-24-20(14-22(30)26(18,19)3)25(2)9-8-17(28)12-16(25)13-21(24)29;1-14(4-9-22(27)28)18-7-8-19-17-6-5-15-12-16(25)10-11-23(15,2)20(17)13-21(26)24(18,19)3/h15-22,24,28-30H,4-14H2,1-3H3,(H,27,31)(H,32,33,34);14-21,25-26H,4-13H2,1-3H3,(H,27,28)/t15-,16+,17-,18-,19+,20+,21-,22+,24+,25+,26-;14-,15-,16-,17+,18-,19+,20+,21+,23+,24-/m11/s1. The third-order valence-corrected chi connectivity index (χ3v) is 22.1. The lowest BCUT2D eigenvalue weighted by Crippen LogP contribution is -2.62. The molecule has 362 valence electrons. The first-order valence-electron chi connectivity index (χ1n) is 25.3. The molecule has 21 atom stereocenters. The van der Waals surface area contributed by atoms with Gasteiger partial charge >= 0.3 is 5.97 Å². The number of carbonyl (C=O) groups is 2. The molecule has 0 aromatic heterocycles. The second-order valence-electron chi connectivity index (χ2n) is 24.0. The van der Waals surface area contributed by atoms with Crippen LogP contribution in [-0.4, -0.2) is 98.3 Å².